The summed E-state index contributed by atoms with van der Waals surface area (Å²) in [5, 5.41) is 0. The molecule has 0 radical (unpaired) electrons. The van der Waals surface area contributed by atoms with E-state index in [-0.39, 0.29) is 5.60 Å². The smallest absolute Gasteiger partial charge is 0.0776 e. The monoisotopic (exact) mass is 358 g/mol. The van der Waals surface area contributed by atoms with Crippen LogP contribution in [0.15, 0.2) is 30.3 Å². The Bertz CT molecular complexity index is 341. The van der Waals surface area contributed by atoms with Crippen molar-refractivity contribution in [3.05, 3.63) is 35.9 Å². The molecule has 1 aromatic rings. The minimum absolute atomic E-state index is 0.141. The minimum atomic E-state index is 0.141. The molecule has 1 aromatic carbocycles. The van der Waals surface area contributed by atoms with E-state index < -0.39 is 0 Å². The molecular formula is C16H23IO. The number of hydrogen-bond donors (Lipinski definition) is 0. The maximum absolute atomic E-state index is 6.29. The van der Waals surface area contributed by atoms with Crippen LogP contribution in [0.5, 0.6) is 0 Å². The average Bonchev–Trinajstić information content (AvgIpc) is 2.47. The molecule has 0 aromatic heterocycles. The van der Waals surface area contributed by atoms with Gasteiger partial charge in [0.15, 0.2) is 0 Å². The fraction of sp³-hybridized carbons (Fsp3) is 0.625. The summed E-state index contributed by atoms with van der Waals surface area (Å²) in [7, 11) is 0. The second-order valence-corrected chi connectivity index (χ2v) is 6.21. The van der Waals surface area contributed by atoms with Gasteiger partial charge in [-0.1, -0.05) is 66.3 Å². The van der Waals surface area contributed by atoms with Crippen molar-refractivity contribution in [2.24, 2.45) is 5.92 Å². The molecule has 1 aliphatic rings. The van der Waals surface area contributed by atoms with Gasteiger partial charge in [0.1, 0.15) is 0 Å². The van der Waals surface area contributed by atoms with Crippen LogP contribution in [0.1, 0.15) is 44.6 Å². The topological polar surface area (TPSA) is 9.23 Å². The highest BCUT2D eigenvalue weighted by Gasteiger charge is 2.34. The third-order valence-corrected chi connectivity index (χ3v) is 5.62. The van der Waals surface area contributed by atoms with Gasteiger partial charge in [0.25, 0.3) is 0 Å². The maximum Gasteiger partial charge on any atom is 0.0776 e. The van der Waals surface area contributed by atoms with Gasteiger partial charge < -0.3 is 4.74 Å². The molecule has 1 aliphatic carbocycles. The maximum atomic E-state index is 6.29. The Hall–Kier alpha value is -0.0900. The first-order chi connectivity index (χ1) is 8.78. The Morgan fingerprint density at radius 3 is 2.44 bits per heavy atom. The molecule has 0 spiro atoms. The van der Waals surface area contributed by atoms with Crippen molar-refractivity contribution in [1.29, 1.82) is 0 Å². The molecule has 100 valence electrons. The van der Waals surface area contributed by atoms with E-state index in [0.29, 0.717) is 0 Å². The van der Waals surface area contributed by atoms with Gasteiger partial charge in [-0.15, -0.1) is 0 Å². The van der Waals surface area contributed by atoms with Crippen LogP contribution in [0.2, 0.25) is 0 Å². The van der Waals surface area contributed by atoms with Gasteiger partial charge >= 0.3 is 0 Å². The molecule has 0 unspecified atom stereocenters. The van der Waals surface area contributed by atoms with Gasteiger partial charge in [-0.05, 0) is 37.2 Å². The van der Waals surface area contributed by atoms with Gasteiger partial charge in [-0.25, -0.2) is 0 Å². The zero-order chi connectivity index (χ0) is 12.8. The van der Waals surface area contributed by atoms with Gasteiger partial charge in [-0.2, -0.15) is 0 Å². The molecule has 0 amide bonds. The molecule has 0 atom stereocenters. The van der Waals surface area contributed by atoms with Gasteiger partial charge in [0.05, 0.1) is 12.2 Å². The van der Waals surface area contributed by atoms with Crippen molar-refractivity contribution in [3.8, 4) is 0 Å². The van der Waals surface area contributed by atoms with E-state index in [2.05, 4.69) is 59.8 Å². The highest BCUT2D eigenvalue weighted by molar-refractivity contribution is 14.1. The largest absolute Gasteiger partial charge is 0.370 e. The lowest BCUT2D eigenvalue weighted by atomic mass is 9.79. The summed E-state index contributed by atoms with van der Waals surface area (Å²) >= 11 is 2.50. The third kappa shape index (κ3) is 3.70. The van der Waals surface area contributed by atoms with Crippen LogP contribution in [0, 0.1) is 5.92 Å². The Kier molecular flexibility index (Phi) is 5.49. The molecule has 1 nitrogen and oxygen atoms in total. The van der Waals surface area contributed by atoms with Crippen molar-refractivity contribution >= 4 is 22.6 Å². The molecule has 2 rings (SSSR count). The summed E-state index contributed by atoms with van der Waals surface area (Å²) in [6.07, 6.45) is 6.49. The van der Waals surface area contributed by atoms with Crippen molar-refractivity contribution in [3.63, 3.8) is 0 Å². The normalized spacial score (nSPS) is 28.2. The lowest BCUT2D eigenvalue weighted by molar-refractivity contribution is -0.0690. The SMILES string of the molecule is CCC1CCC(CI)(OCc2ccccc2)CC1. The first-order valence-electron chi connectivity index (χ1n) is 7.02. The van der Waals surface area contributed by atoms with Crippen LogP contribution in [-0.2, 0) is 11.3 Å². The second-order valence-electron chi connectivity index (χ2n) is 5.44. The summed E-state index contributed by atoms with van der Waals surface area (Å²) in [6, 6.07) is 10.5. The number of benzene rings is 1. The van der Waals surface area contributed by atoms with Crippen LogP contribution in [0.4, 0.5) is 0 Å². The standard InChI is InChI=1S/C16H23IO/c1-2-14-8-10-16(13-17,11-9-14)18-12-15-6-4-3-5-7-15/h3-7,14H,2,8-13H2,1H3. The number of rotatable bonds is 5. The van der Waals surface area contributed by atoms with Gasteiger partial charge in [0, 0.05) is 4.43 Å². The van der Waals surface area contributed by atoms with E-state index in [9.17, 15) is 0 Å². The van der Waals surface area contributed by atoms with E-state index in [1.807, 2.05) is 0 Å². The molecular weight excluding hydrogens is 335 g/mol. The fourth-order valence-electron chi connectivity index (χ4n) is 2.74. The summed E-state index contributed by atoms with van der Waals surface area (Å²) in [5.41, 5.74) is 1.43. The zero-order valence-electron chi connectivity index (χ0n) is 11.2. The number of alkyl halides is 1. The predicted octanol–water partition coefficient (Wildman–Crippen LogP) is 4.98. The van der Waals surface area contributed by atoms with Crippen molar-refractivity contribution < 1.29 is 4.74 Å². The molecule has 0 bridgehead atoms. The zero-order valence-corrected chi connectivity index (χ0v) is 13.4. The van der Waals surface area contributed by atoms with Crippen molar-refractivity contribution in [1.82, 2.24) is 0 Å². The molecule has 0 aliphatic heterocycles. The first kappa shape index (κ1) is 14.3. The van der Waals surface area contributed by atoms with E-state index in [0.717, 1.165) is 17.0 Å². The quantitative estimate of drug-likeness (QED) is 0.533. The lowest BCUT2D eigenvalue weighted by Gasteiger charge is -2.39. The lowest BCUT2D eigenvalue weighted by Crippen LogP contribution is -2.38. The van der Waals surface area contributed by atoms with Crippen LogP contribution < -0.4 is 0 Å². The molecule has 1 saturated carbocycles. The van der Waals surface area contributed by atoms with Gasteiger partial charge in [-0.3, -0.25) is 0 Å². The fourth-order valence-corrected chi connectivity index (χ4v) is 3.72. The van der Waals surface area contributed by atoms with Crippen LogP contribution in [-0.4, -0.2) is 10.0 Å². The van der Waals surface area contributed by atoms with Crippen LogP contribution in [0.3, 0.4) is 0 Å². The van der Waals surface area contributed by atoms with E-state index >= 15 is 0 Å². The Morgan fingerprint density at radius 2 is 1.89 bits per heavy atom. The molecule has 1 fully saturated rings. The second kappa shape index (κ2) is 6.90. The summed E-state index contributed by atoms with van der Waals surface area (Å²) in [6.45, 7) is 3.08. The van der Waals surface area contributed by atoms with E-state index in [1.165, 1.54) is 37.7 Å². The summed E-state index contributed by atoms with van der Waals surface area (Å²) in [4.78, 5) is 0. The van der Waals surface area contributed by atoms with E-state index in [4.69, 9.17) is 4.74 Å². The van der Waals surface area contributed by atoms with Crippen molar-refractivity contribution in [2.75, 3.05) is 4.43 Å². The van der Waals surface area contributed by atoms with E-state index in [1.54, 1.807) is 0 Å². The molecule has 18 heavy (non-hydrogen) atoms. The Balaban J connectivity index is 1.89. The number of halogens is 1. The third-order valence-electron chi connectivity index (χ3n) is 4.23. The summed E-state index contributed by atoms with van der Waals surface area (Å²) in [5.74, 6) is 0.932. The highest BCUT2D eigenvalue weighted by atomic mass is 127. The van der Waals surface area contributed by atoms with Crippen LogP contribution in [0.25, 0.3) is 0 Å². The Morgan fingerprint density at radius 1 is 1.22 bits per heavy atom. The molecule has 0 N–H and O–H groups in total. The number of ether oxygens (including phenoxy) is 1. The average molecular weight is 358 g/mol. The summed E-state index contributed by atoms with van der Waals surface area (Å²) < 4.78 is 7.41. The van der Waals surface area contributed by atoms with Gasteiger partial charge in [0.2, 0.25) is 0 Å². The molecule has 0 saturated heterocycles. The predicted molar refractivity (Wildman–Crippen MR) is 85.1 cm³/mol. The van der Waals surface area contributed by atoms with Crippen LogP contribution >= 0.6 is 22.6 Å². The number of hydrogen-bond acceptors (Lipinski definition) is 1. The molecule has 2 heteroatoms. The Labute approximate surface area is 124 Å². The first-order valence-corrected chi connectivity index (χ1v) is 8.54. The highest BCUT2D eigenvalue weighted by Crippen LogP contribution is 2.38. The molecule has 0 heterocycles. The minimum Gasteiger partial charge on any atom is -0.370 e. The van der Waals surface area contributed by atoms with Crippen molar-refractivity contribution in [2.45, 2.75) is 51.2 Å².